The fourth-order valence-corrected chi connectivity index (χ4v) is 3.21. The molecule has 0 fully saturated rings. The molecule has 19 heavy (non-hydrogen) atoms. The summed E-state index contributed by atoms with van der Waals surface area (Å²) < 4.78 is 0. The molecule has 0 saturated heterocycles. The number of fused-ring (bicyclic) bond motifs is 1. The van der Waals surface area contributed by atoms with Crippen LogP contribution in [-0.4, -0.2) is 17.8 Å². The van der Waals surface area contributed by atoms with E-state index in [2.05, 4.69) is 30.4 Å². The van der Waals surface area contributed by atoms with Gasteiger partial charge < -0.3 is 10.4 Å². The lowest BCUT2D eigenvalue weighted by Gasteiger charge is -2.30. The third-order valence-electron chi connectivity index (χ3n) is 4.31. The van der Waals surface area contributed by atoms with Gasteiger partial charge in [-0.25, -0.2) is 0 Å². The highest BCUT2D eigenvalue weighted by Crippen LogP contribution is 2.34. The quantitative estimate of drug-likeness (QED) is 0.756. The molecule has 3 rings (SSSR count). The highest BCUT2D eigenvalue weighted by Gasteiger charge is 2.31. The van der Waals surface area contributed by atoms with Gasteiger partial charge in [0, 0.05) is 12.2 Å². The van der Waals surface area contributed by atoms with Gasteiger partial charge >= 0.3 is 0 Å². The number of hydrogen-bond donors (Lipinski definition) is 2. The Morgan fingerprint density at radius 2 is 1.95 bits per heavy atom. The highest BCUT2D eigenvalue weighted by atomic mass is 16.3. The Balaban J connectivity index is 1.87. The van der Waals surface area contributed by atoms with Crippen molar-refractivity contribution in [2.24, 2.45) is 11.8 Å². The van der Waals surface area contributed by atoms with Crippen LogP contribution in [0.25, 0.3) is 5.70 Å². The third kappa shape index (κ3) is 2.59. The lowest BCUT2D eigenvalue weighted by molar-refractivity contribution is 0.119. The first-order valence-electron chi connectivity index (χ1n) is 7.10. The Kier molecular flexibility index (Phi) is 3.43. The van der Waals surface area contributed by atoms with Crippen molar-refractivity contribution >= 4 is 5.70 Å². The van der Waals surface area contributed by atoms with Gasteiger partial charge in [0.05, 0.1) is 6.10 Å². The van der Waals surface area contributed by atoms with Crippen molar-refractivity contribution in [2.45, 2.75) is 25.9 Å². The van der Waals surface area contributed by atoms with Gasteiger partial charge in [-0.15, -0.1) is 0 Å². The average Bonchev–Trinajstić information content (AvgIpc) is 2.59. The molecule has 2 aliphatic rings. The second-order valence-electron chi connectivity index (χ2n) is 5.70. The van der Waals surface area contributed by atoms with Gasteiger partial charge in [-0.2, -0.15) is 0 Å². The summed E-state index contributed by atoms with van der Waals surface area (Å²) in [6.07, 6.45) is 6.20. The monoisotopic (exact) mass is 255 g/mol. The second kappa shape index (κ2) is 5.22. The minimum absolute atomic E-state index is 0.348. The van der Waals surface area contributed by atoms with E-state index in [0.29, 0.717) is 11.8 Å². The summed E-state index contributed by atoms with van der Waals surface area (Å²) in [7, 11) is 0. The molecule has 0 aromatic heterocycles. The molecule has 1 aliphatic carbocycles. The minimum atomic E-state index is -0.348. The number of allylic oxidation sites excluding steroid dienone is 1. The summed E-state index contributed by atoms with van der Waals surface area (Å²) in [5.74, 6) is 0.804. The van der Waals surface area contributed by atoms with Crippen LogP contribution in [0.15, 0.2) is 48.1 Å². The maximum Gasteiger partial charge on any atom is 0.0778 e. The van der Waals surface area contributed by atoms with Crippen molar-refractivity contribution in [3.05, 3.63) is 53.6 Å². The highest BCUT2D eigenvalue weighted by molar-refractivity contribution is 5.64. The molecule has 0 bridgehead atoms. The third-order valence-corrected chi connectivity index (χ3v) is 4.31. The topological polar surface area (TPSA) is 32.3 Å². The van der Waals surface area contributed by atoms with Crippen molar-refractivity contribution in [1.29, 1.82) is 0 Å². The Bertz CT molecular complexity index is 503. The molecule has 3 unspecified atom stereocenters. The SMILES string of the molecule is CC1=CC2CNC(c3ccccc3)=CC(O)C2CC1. The van der Waals surface area contributed by atoms with Gasteiger partial charge in [-0.1, -0.05) is 42.0 Å². The minimum Gasteiger partial charge on any atom is -0.389 e. The van der Waals surface area contributed by atoms with E-state index in [4.69, 9.17) is 0 Å². The molecule has 1 aliphatic heterocycles. The fourth-order valence-electron chi connectivity index (χ4n) is 3.21. The largest absolute Gasteiger partial charge is 0.389 e. The van der Waals surface area contributed by atoms with Gasteiger partial charge in [-0.3, -0.25) is 0 Å². The van der Waals surface area contributed by atoms with E-state index in [1.54, 1.807) is 0 Å². The van der Waals surface area contributed by atoms with E-state index in [1.807, 2.05) is 24.3 Å². The smallest absolute Gasteiger partial charge is 0.0778 e. The van der Waals surface area contributed by atoms with Crippen LogP contribution >= 0.6 is 0 Å². The molecule has 0 saturated carbocycles. The maximum atomic E-state index is 10.5. The molecule has 1 aromatic carbocycles. The molecule has 0 spiro atoms. The van der Waals surface area contributed by atoms with Gasteiger partial charge in [0.1, 0.15) is 0 Å². The van der Waals surface area contributed by atoms with Gasteiger partial charge in [0.15, 0.2) is 0 Å². The fraction of sp³-hybridized carbons (Fsp3) is 0.412. The number of aliphatic hydroxyl groups excluding tert-OH is 1. The first kappa shape index (κ1) is 12.5. The summed E-state index contributed by atoms with van der Waals surface area (Å²) in [6, 6.07) is 10.3. The van der Waals surface area contributed by atoms with Crippen molar-refractivity contribution in [3.8, 4) is 0 Å². The molecule has 2 nitrogen and oxygen atoms in total. The molecule has 2 heteroatoms. The summed E-state index contributed by atoms with van der Waals surface area (Å²) in [5, 5.41) is 14.0. The molecule has 0 amide bonds. The van der Waals surface area contributed by atoms with Crippen molar-refractivity contribution in [2.75, 3.05) is 6.54 Å². The Labute approximate surface area is 114 Å². The Morgan fingerprint density at radius 3 is 2.74 bits per heavy atom. The van der Waals surface area contributed by atoms with E-state index in [-0.39, 0.29) is 6.10 Å². The first-order valence-corrected chi connectivity index (χ1v) is 7.10. The van der Waals surface area contributed by atoms with Crippen LogP contribution in [0.1, 0.15) is 25.3 Å². The zero-order valence-electron chi connectivity index (χ0n) is 11.3. The summed E-state index contributed by atoms with van der Waals surface area (Å²) >= 11 is 0. The zero-order chi connectivity index (χ0) is 13.2. The summed E-state index contributed by atoms with van der Waals surface area (Å²) in [6.45, 7) is 3.11. The van der Waals surface area contributed by atoms with Crippen LogP contribution in [0.4, 0.5) is 0 Å². The van der Waals surface area contributed by atoms with Gasteiger partial charge in [-0.05, 0) is 43.2 Å². The molecular weight excluding hydrogens is 234 g/mol. The number of nitrogens with one attached hydrogen (secondary N) is 1. The number of aliphatic hydroxyl groups is 1. The lowest BCUT2D eigenvalue weighted by atomic mass is 9.78. The van der Waals surface area contributed by atoms with Crippen LogP contribution in [0.5, 0.6) is 0 Å². The van der Waals surface area contributed by atoms with Gasteiger partial charge in [0.25, 0.3) is 0 Å². The van der Waals surface area contributed by atoms with Crippen LogP contribution in [-0.2, 0) is 0 Å². The van der Waals surface area contributed by atoms with Crippen LogP contribution in [0, 0.1) is 11.8 Å². The first-order chi connectivity index (χ1) is 9.24. The number of rotatable bonds is 1. The van der Waals surface area contributed by atoms with E-state index in [1.165, 1.54) is 5.57 Å². The summed E-state index contributed by atoms with van der Waals surface area (Å²) in [5.41, 5.74) is 3.67. The molecule has 1 aromatic rings. The summed E-state index contributed by atoms with van der Waals surface area (Å²) in [4.78, 5) is 0. The van der Waals surface area contributed by atoms with Crippen molar-refractivity contribution in [3.63, 3.8) is 0 Å². The lowest BCUT2D eigenvalue weighted by Crippen LogP contribution is -2.31. The van der Waals surface area contributed by atoms with Crippen LogP contribution in [0.2, 0.25) is 0 Å². The zero-order valence-corrected chi connectivity index (χ0v) is 11.3. The average molecular weight is 255 g/mol. The van der Waals surface area contributed by atoms with E-state index in [0.717, 1.165) is 30.6 Å². The molecular formula is C17H21NO. The standard InChI is InChI=1S/C17H21NO/c1-12-7-8-15-14(9-12)11-18-16(10-17(15)19)13-5-3-2-4-6-13/h2-6,9-10,14-15,17-19H,7-8,11H2,1H3. The van der Waals surface area contributed by atoms with Gasteiger partial charge in [0.2, 0.25) is 0 Å². The predicted molar refractivity (Wildman–Crippen MR) is 78.4 cm³/mol. The van der Waals surface area contributed by atoms with Crippen molar-refractivity contribution in [1.82, 2.24) is 5.32 Å². The number of hydrogen-bond acceptors (Lipinski definition) is 2. The van der Waals surface area contributed by atoms with Crippen molar-refractivity contribution < 1.29 is 5.11 Å². The Hall–Kier alpha value is -1.54. The molecule has 1 heterocycles. The van der Waals surface area contributed by atoms with E-state index in [9.17, 15) is 5.11 Å². The molecule has 100 valence electrons. The maximum absolute atomic E-state index is 10.5. The second-order valence-corrected chi connectivity index (χ2v) is 5.70. The number of benzene rings is 1. The van der Waals surface area contributed by atoms with Crippen LogP contribution < -0.4 is 5.32 Å². The molecule has 3 atom stereocenters. The van der Waals surface area contributed by atoms with Crippen LogP contribution in [0.3, 0.4) is 0 Å². The Morgan fingerprint density at radius 1 is 1.16 bits per heavy atom. The predicted octanol–water partition coefficient (Wildman–Crippen LogP) is 2.96. The molecule has 2 N–H and O–H groups in total. The molecule has 0 radical (unpaired) electrons. The van der Waals surface area contributed by atoms with E-state index >= 15 is 0 Å². The van der Waals surface area contributed by atoms with E-state index < -0.39 is 0 Å². The normalized spacial score (nSPS) is 30.5.